The van der Waals surface area contributed by atoms with Crippen molar-refractivity contribution >= 4 is 11.4 Å². The first-order valence-electron chi connectivity index (χ1n) is 10.8. The van der Waals surface area contributed by atoms with Crippen molar-refractivity contribution in [2.24, 2.45) is 0 Å². The number of ether oxygens (including phenoxy) is 1. The maximum Gasteiger partial charge on any atom is 0.432 e. The Morgan fingerprint density at radius 3 is 2.81 bits per heavy atom. The molecule has 0 amide bonds. The van der Waals surface area contributed by atoms with Gasteiger partial charge in [0.05, 0.1) is 18.9 Å². The molecule has 10 heteroatoms. The molecule has 3 aliphatic rings. The summed E-state index contributed by atoms with van der Waals surface area (Å²) in [5, 5.41) is 23.9. The Morgan fingerprint density at radius 1 is 1.28 bits per heavy atom. The van der Waals surface area contributed by atoms with Crippen molar-refractivity contribution in [3.63, 3.8) is 0 Å². The number of hydroxylamine groups is 1. The van der Waals surface area contributed by atoms with Crippen LogP contribution in [0, 0.1) is 0 Å². The molecule has 0 aliphatic carbocycles. The monoisotopic (exact) mass is 454 g/mol. The van der Waals surface area contributed by atoms with E-state index in [9.17, 15) is 23.5 Å². The Morgan fingerprint density at radius 2 is 2.09 bits per heavy atom. The number of aliphatic hydroxyl groups is 1. The lowest BCUT2D eigenvalue weighted by Crippen LogP contribution is -2.47. The topological polar surface area (TPSA) is 80.2 Å². The van der Waals surface area contributed by atoms with Crippen LogP contribution >= 0.6 is 0 Å². The summed E-state index contributed by atoms with van der Waals surface area (Å²) in [4.78, 5) is 2.14. The van der Waals surface area contributed by atoms with Crippen LogP contribution in [-0.4, -0.2) is 65.5 Å². The van der Waals surface area contributed by atoms with Gasteiger partial charge in [-0.25, -0.2) is 0 Å². The molecule has 0 unspecified atom stereocenters. The van der Waals surface area contributed by atoms with Crippen LogP contribution in [0.1, 0.15) is 36.8 Å². The first-order valence-corrected chi connectivity index (χ1v) is 10.8. The molecule has 0 saturated carbocycles. The van der Waals surface area contributed by atoms with E-state index in [4.69, 9.17) is 4.74 Å². The molecule has 2 atom stereocenters. The highest BCUT2D eigenvalue weighted by atomic mass is 19.4. The molecule has 1 saturated heterocycles. The third-order valence-corrected chi connectivity index (χ3v) is 6.28. The average Bonchev–Trinajstić information content (AvgIpc) is 2.82. The van der Waals surface area contributed by atoms with Crippen LogP contribution < -0.4 is 10.7 Å². The summed E-state index contributed by atoms with van der Waals surface area (Å²) in [7, 11) is 2.00. The molecule has 176 valence electrons. The highest BCUT2D eigenvalue weighted by Gasteiger charge is 2.38. The number of aliphatic hydroxyl groups excluding tert-OH is 1. The second kappa shape index (κ2) is 9.30. The van der Waals surface area contributed by atoms with E-state index in [1.54, 1.807) is 0 Å². The molecular weight excluding hydrogens is 425 g/mol. The molecule has 0 aromatic heterocycles. The summed E-state index contributed by atoms with van der Waals surface area (Å²) in [6.07, 6.45) is -0.793. The van der Waals surface area contributed by atoms with Crippen molar-refractivity contribution in [3.05, 3.63) is 46.7 Å². The van der Waals surface area contributed by atoms with Gasteiger partial charge in [0.15, 0.2) is 0 Å². The number of rotatable bonds is 3. The zero-order chi connectivity index (χ0) is 22.9. The molecule has 32 heavy (non-hydrogen) atoms. The molecule has 4 rings (SSSR count). The average molecular weight is 454 g/mol. The normalized spacial score (nSPS) is 25.1. The standard InChI is InChI=1S/C22H29F3N4O3/c1-28-11-17(4-6-18(28)12-30)26-16-5-7-19-15(9-16)13-32-8-2-3-14-10-20(22(23,24)25)27-29(31)21(14)19/h5,7,9-10,17-18,26-27,30-31H,2-4,6,8,11-13H2,1H3/t17-,18+/m1/s1. The van der Waals surface area contributed by atoms with E-state index < -0.39 is 11.9 Å². The number of likely N-dealkylation sites (tertiary alicyclic amines) is 1. The zero-order valence-corrected chi connectivity index (χ0v) is 18.0. The number of piperidine rings is 1. The van der Waals surface area contributed by atoms with Gasteiger partial charge in [-0.05, 0) is 62.1 Å². The molecular formula is C22H29F3N4O3. The number of benzene rings is 1. The molecule has 0 bridgehead atoms. The first-order chi connectivity index (χ1) is 15.3. The molecule has 4 N–H and O–H groups in total. The number of fused-ring (bicyclic) bond motifs is 2. The number of nitrogens with one attached hydrogen (secondary N) is 2. The van der Waals surface area contributed by atoms with E-state index >= 15 is 0 Å². The summed E-state index contributed by atoms with van der Waals surface area (Å²) in [6.45, 7) is 1.65. The number of likely N-dealkylation sites (N-methyl/N-ethyl adjacent to an activating group) is 1. The molecule has 1 fully saturated rings. The highest BCUT2D eigenvalue weighted by Crippen LogP contribution is 2.37. The Kier molecular flexibility index (Phi) is 6.66. The summed E-state index contributed by atoms with van der Waals surface area (Å²) < 4.78 is 45.5. The van der Waals surface area contributed by atoms with Crippen LogP contribution in [0.5, 0.6) is 0 Å². The van der Waals surface area contributed by atoms with Gasteiger partial charge in [-0.15, -0.1) is 0 Å². The number of allylic oxidation sites excluding steroid dienone is 3. The van der Waals surface area contributed by atoms with Crippen molar-refractivity contribution in [3.8, 4) is 0 Å². The lowest BCUT2D eigenvalue weighted by Gasteiger charge is -2.37. The molecule has 1 aromatic carbocycles. The van der Waals surface area contributed by atoms with Gasteiger partial charge in [0.2, 0.25) is 0 Å². The Labute approximate surface area is 185 Å². The summed E-state index contributed by atoms with van der Waals surface area (Å²) in [5.74, 6) is 0. The van der Waals surface area contributed by atoms with Crippen LogP contribution in [0.2, 0.25) is 0 Å². The lowest BCUT2D eigenvalue weighted by atomic mass is 9.96. The third-order valence-electron chi connectivity index (χ3n) is 6.28. The van der Waals surface area contributed by atoms with E-state index in [0.717, 1.165) is 36.7 Å². The number of hydrogen-bond donors (Lipinski definition) is 4. The van der Waals surface area contributed by atoms with Crippen LogP contribution in [0.4, 0.5) is 18.9 Å². The van der Waals surface area contributed by atoms with Crippen molar-refractivity contribution in [1.29, 1.82) is 0 Å². The summed E-state index contributed by atoms with van der Waals surface area (Å²) in [5.41, 5.74) is 4.06. The number of halogens is 3. The van der Waals surface area contributed by atoms with Gasteiger partial charge >= 0.3 is 6.18 Å². The van der Waals surface area contributed by atoms with Gasteiger partial charge in [0, 0.05) is 36.5 Å². The lowest BCUT2D eigenvalue weighted by molar-refractivity contribution is -0.132. The van der Waals surface area contributed by atoms with E-state index in [2.05, 4.69) is 10.2 Å². The smallest absolute Gasteiger partial charge is 0.395 e. The van der Waals surface area contributed by atoms with E-state index in [1.165, 1.54) is 0 Å². The van der Waals surface area contributed by atoms with Crippen molar-refractivity contribution in [1.82, 2.24) is 15.5 Å². The molecule has 3 heterocycles. The SMILES string of the molecule is CN1C[C@H](Nc2ccc3c(c2)COCCCC2=C3N(O)NC(C(F)(F)F)=C2)CC[C@H]1CO. The van der Waals surface area contributed by atoms with E-state index in [-0.39, 0.29) is 18.7 Å². The van der Waals surface area contributed by atoms with Gasteiger partial charge in [0.25, 0.3) is 0 Å². The molecule has 0 radical (unpaired) electrons. The highest BCUT2D eigenvalue weighted by molar-refractivity contribution is 5.74. The van der Waals surface area contributed by atoms with Gasteiger partial charge < -0.3 is 15.2 Å². The van der Waals surface area contributed by atoms with Crippen LogP contribution in [-0.2, 0) is 11.3 Å². The minimum Gasteiger partial charge on any atom is -0.395 e. The largest absolute Gasteiger partial charge is 0.432 e. The summed E-state index contributed by atoms with van der Waals surface area (Å²) in [6, 6.07) is 6.00. The fraction of sp³-hybridized carbons (Fsp3) is 0.545. The predicted molar refractivity (Wildman–Crippen MR) is 113 cm³/mol. The van der Waals surface area contributed by atoms with Gasteiger partial charge in [-0.3, -0.25) is 15.5 Å². The van der Waals surface area contributed by atoms with Gasteiger partial charge in [-0.1, -0.05) is 6.07 Å². The summed E-state index contributed by atoms with van der Waals surface area (Å²) >= 11 is 0. The van der Waals surface area contributed by atoms with Crippen molar-refractivity contribution < 1.29 is 28.2 Å². The maximum absolute atomic E-state index is 13.2. The molecule has 7 nitrogen and oxygen atoms in total. The van der Waals surface area contributed by atoms with Crippen molar-refractivity contribution in [2.75, 3.05) is 32.1 Å². The minimum absolute atomic E-state index is 0.146. The van der Waals surface area contributed by atoms with E-state index in [0.29, 0.717) is 48.1 Å². The predicted octanol–water partition coefficient (Wildman–Crippen LogP) is 3.23. The molecule has 0 spiro atoms. The maximum atomic E-state index is 13.2. The van der Waals surface area contributed by atoms with Crippen molar-refractivity contribution in [2.45, 2.75) is 50.6 Å². The van der Waals surface area contributed by atoms with Crippen LogP contribution in [0.3, 0.4) is 0 Å². The zero-order valence-electron chi connectivity index (χ0n) is 18.0. The number of hydrazine groups is 1. The van der Waals surface area contributed by atoms with E-state index in [1.807, 2.05) is 30.7 Å². The number of alkyl halides is 3. The molecule has 1 aromatic rings. The van der Waals surface area contributed by atoms with Gasteiger partial charge in [0.1, 0.15) is 5.70 Å². The Hall–Kier alpha value is -2.27. The van der Waals surface area contributed by atoms with Crippen LogP contribution in [0.25, 0.3) is 5.70 Å². The van der Waals surface area contributed by atoms with Crippen LogP contribution in [0.15, 0.2) is 35.5 Å². The fourth-order valence-corrected chi connectivity index (χ4v) is 4.57. The Bertz CT molecular complexity index is 903. The fourth-order valence-electron chi connectivity index (χ4n) is 4.57. The first kappa shape index (κ1) is 22.9. The van der Waals surface area contributed by atoms with Gasteiger partial charge in [-0.2, -0.15) is 18.3 Å². The number of anilines is 1. The number of nitrogens with zero attached hydrogens (tertiary/aromatic N) is 2. The Balaban J connectivity index is 1.63. The number of hydrogen-bond acceptors (Lipinski definition) is 7. The minimum atomic E-state index is -4.59. The quantitative estimate of drug-likeness (QED) is 0.559. The molecule has 3 aliphatic heterocycles. The third kappa shape index (κ3) is 4.88. The second-order valence-electron chi connectivity index (χ2n) is 8.58. The second-order valence-corrected chi connectivity index (χ2v) is 8.58.